The Morgan fingerprint density at radius 1 is 1.53 bits per heavy atom. The van der Waals surface area contributed by atoms with Crippen LogP contribution >= 0.6 is 22.6 Å². The van der Waals surface area contributed by atoms with E-state index in [1.807, 2.05) is 25.1 Å². The highest BCUT2D eigenvalue weighted by molar-refractivity contribution is 14.1. The minimum atomic E-state index is -0.157. The number of hydrogen-bond acceptors (Lipinski definition) is 3. The van der Waals surface area contributed by atoms with Crippen molar-refractivity contribution >= 4 is 34.2 Å². The van der Waals surface area contributed by atoms with Gasteiger partial charge in [-0.1, -0.05) is 0 Å². The van der Waals surface area contributed by atoms with Crippen molar-refractivity contribution in [3.05, 3.63) is 27.3 Å². The summed E-state index contributed by atoms with van der Waals surface area (Å²) < 4.78 is 5.99. The lowest BCUT2D eigenvalue weighted by Crippen LogP contribution is -2.06. The Labute approximate surface area is 103 Å². The number of nitrogen functional groups attached to an aromatic ring is 1. The number of rotatable bonds is 4. The van der Waals surface area contributed by atoms with Gasteiger partial charge in [-0.2, -0.15) is 0 Å². The van der Waals surface area contributed by atoms with Crippen LogP contribution in [0.1, 0.15) is 18.9 Å². The normalized spacial score (nSPS) is 10.0. The van der Waals surface area contributed by atoms with Crippen molar-refractivity contribution in [2.24, 2.45) is 0 Å². The van der Waals surface area contributed by atoms with Crippen molar-refractivity contribution in [2.75, 3.05) is 12.3 Å². The van der Waals surface area contributed by atoms with Crippen LogP contribution in [0, 0.1) is 3.57 Å². The Bertz CT molecular complexity index is 352. The van der Waals surface area contributed by atoms with E-state index in [0.717, 1.165) is 14.8 Å². The molecular formula is C11H14INO2. The maximum Gasteiger partial charge on any atom is 0.306 e. The summed E-state index contributed by atoms with van der Waals surface area (Å²) in [6, 6.07) is 5.72. The molecule has 2 N–H and O–H groups in total. The molecular weight excluding hydrogens is 305 g/mol. The predicted octanol–water partition coefficient (Wildman–Crippen LogP) is 2.37. The highest BCUT2D eigenvalue weighted by Crippen LogP contribution is 2.17. The fourth-order valence-corrected chi connectivity index (χ4v) is 1.86. The topological polar surface area (TPSA) is 52.3 Å². The van der Waals surface area contributed by atoms with Crippen LogP contribution in [0.3, 0.4) is 0 Å². The monoisotopic (exact) mass is 319 g/mol. The molecule has 0 radical (unpaired) electrons. The van der Waals surface area contributed by atoms with Crippen molar-refractivity contribution in [3.8, 4) is 0 Å². The first-order valence-electron chi connectivity index (χ1n) is 4.83. The largest absolute Gasteiger partial charge is 0.466 e. The lowest BCUT2D eigenvalue weighted by molar-refractivity contribution is -0.143. The van der Waals surface area contributed by atoms with E-state index in [-0.39, 0.29) is 5.97 Å². The number of ether oxygens (including phenoxy) is 1. The molecule has 15 heavy (non-hydrogen) atoms. The molecule has 0 aliphatic rings. The lowest BCUT2D eigenvalue weighted by Gasteiger charge is -2.05. The fourth-order valence-electron chi connectivity index (χ4n) is 1.26. The van der Waals surface area contributed by atoms with E-state index in [0.29, 0.717) is 19.4 Å². The number of carbonyl (C=O) groups excluding carboxylic acids is 1. The molecule has 0 saturated heterocycles. The summed E-state index contributed by atoms with van der Waals surface area (Å²) >= 11 is 2.24. The van der Waals surface area contributed by atoms with Crippen molar-refractivity contribution < 1.29 is 9.53 Å². The van der Waals surface area contributed by atoms with Crippen molar-refractivity contribution in [2.45, 2.75) is 19.8 Å². The van der Waals surface area contributed by atoms with Gasteiger partial charge in [0.05, 0.1) is 6.61 Å². The molecule has 0 heterocycles. The third-order valence-corrected chi connectivity index (χ3v) is 3.03. The second-order valence-electron chi connectivity index (χ2n) is 3.16. The smallest absolute Gasteiger partial charge is 0.306 e. The van der Waals surface area contributed by atoms with E-state index in [1.54, 1.807) is 0 Å². The molecule has 0 atom stereocenters. The maximum absolute atomic E-state index is 11.2. The molecule has 0 aromatic heterocycles. The average Bonchev–Trinajstić information content (AvgIpc) is 2.20. The first kappa shape index (κ1) is 12.3. The summed E-state index contributed by atoms with van der Waals surface area (Å²) in [4.78, 5) is 11.2. The molecule has 0 aliphatic heterocycles. The average molecular weight is 319 g/mol. The number of carbonyl (C=O) groups is 1. The number of esters is 1. The van der Waals surface area contributed by atoms with Crippen molar-refractivity contribution in [3.63, 3.8) is 0 Å². The van der Waals surface area contributed by atoms with E-state index >= 15 is 0 Å². The number of anilines is 1. The van der Waals surface area contributed by atoms with Gasteiger partial charge in [-0.25, -0.2) is 0 Å². The Kier molecular flexibility index (Phi) is 4.87. The molecule has 0 amide bonds. The van der Waals surface area contributed by atoms with Gasteiger partial charge in [-0.3, -0.25) is 4.79 Å². The van der Waals surface area contributed by atoms with Crippen LogP contribution in [-0.2, 0) is 16.0 Å². The van der Waals surface area contributed by atoms with Crippen LogP contribution in [0.15, 0.2) is 18.2 Å². The van der Waals surface area contributed by atoms with Crippen LogP contribution in [0.2, 0.25) is 0 Å². The molecule has 82 valence electrons. The zero-order valence-electron chi connectivity index (χ0n) is 8.63. The highest BCUT2D eigenvalue weighted by Gasteiger charge is 2.05. The number of benzene rings is 1. The molecule has 0 unspecified atom stereocenters. The number of nitrogens with two attached hydrogens (primary N) is 1. The molecule has 0 bridgehead atoms. The van der Waals surface area contributed by atoms with E-state index in [2.05, 4.69) is 22.6 Å². The molecule has 3 nitrogen and oxygen atoms in total. The van der Waals surface area contributed by atoms with E-state index < -0.39 is 0 Å². The summed E-state index contributed by atoms with van der Waals surface area (Å²) in [5, 5.41) is 0. The molecule has 0 fully saturated rings. The molecule has 1 rings (SSSR count). The second-order valence-corrected chi connectivity index (χ2v) is 4.32. The zero-order valence-corrected chi connectivity index (χ0v) is 10.8. The van der Waals surface area contributed by atoms with Crippen molar-refractivity contribution in [1.82, 2.24) is 0 Å². The number of hydrogen-bond donors (Lipinski definition) is 1. The molecule has 4 heteroatoms. The van der Waals surface area contributed by atoms with Gasteiger partial charge in [0.2, 0.25) is 0 Å². The minimum Gasteiger partial charge on any atom is -0.466 e. The van der Waals surface area contributed by atoms with Gasteiger partial charge >= 0.3 is 5.97 Å². The fraction of sp³-hybridized carbons (Fsp3) is 0.364. The van der Waals surface area contributed by atoms with E-state index in [1.165, 1.54) is 0 Å². The van der Waals surface area contributed by atoms with Gasteiger partial charge in [0.15, 0.2) is 0 Å². The first-order valence-corrected chi connectivity index (χ1v) is 5.91. The third kappa shape index (κ3) is 4.07. The summed E-state index contributed by atoms with van der Waals surface area (Å²) in [5.74, 6) is -0.157. The lowest BCUT2D eigenvalue weighted by atomic mass is 10.1. The Morgan fingerprint density at radius 2 is 2.27 bits per heavy atom. The number of aryl methyl sites for hydroxylation is 1. The highest BCUT2D eigenvalue weighted by atomic mass is 127. The minimum absolute atomic E-state index is 0.157. The summed E-state index contributed by atoms with van der Waals surface area (Å²) in [7, 11) is 0. The quantitative estimate of drug-likeness (QED) is 0.527. The SMILES string of the molecule is CCOC(=O)CCc1cc(N)ccc1I. The van der Waals surface area contributed by atoms with Crippen LogP contribution in [-0.4, -0.2) is 12.6 Å². The first-order chi connectivity index (χ1) is 7.13. The Hall–Kier alpha value is -0.780. The molecule has 0 aliphatic carbocycles. The van der Waals surface area contributed by atoms with Crippen molar-refractivity contribution in [1.29, 1.82) is 0 Å². The van der Waals surface area contributed by atoms with E-state index in [9.17, 15) is 4.79 Å². The summed E-state index contributed by atoms with van der Waals surface area (Å²) in [5.41, 5.74) is 7.50. The second kappa shape index (κ2) is 5.95. The van der Waals surface area contributed by atoms with Crippen LogP contribution < -0.4 is 5.73 Å². The summed E-state index contributed by atoms with van der Waals surface area (Å²) in [6.45, 7) is 2.25. The van der Waals surface area contributed by atoms with Gasteiger partial charge in [0, 0.05) is 15.7 Å². The van der Waals surface area contributed by atoms with Gasteiger partial charge < -0.3 is 10.5 Å². The van der Waals surface area contributed by atoms with Gasteiger partial charge in [0.1, 0.15) is 0 Å². The standard InChI is InChI=1S/C11H14INO2/c1-2-15-11(14)6-3-8-7-9(13)4-5-10(8)12/h4-5,7H,2-3,6,13H2,1H3. The molecule has 1 aromatic rings. The van der Waals surface area contributed by atoms with Gasteiger partial charge in [-0.05, 0) is 59.7 Å². The Morgan fingerprint density at radius 3 is 2.93 bits per heavy atom. The third-order valence-electron chi connectivity index (χ3n) is 1.97. The van der Waals surface area contributed by atoms with Crippen LogP contribution in [0.25, 0.3) is 0 Å². The molecule has 1 aromatic carbocycles. The molecule has 0 saturated carbocycles. The predicted molar refractivity (Wildman–Crippen MR) is 68.5 cm³/mol. The summed E-state index contributed by atoms with van der Waals surface area (Å²) in [6.07, 6.45) is 1.09. The van der Waals surface area contributed by atoms with E-state index in [4.69, 9.17) is 10.5 Å². The maximum atomic E-state index is 11.2. The van der Waals surface area contributed by atoms with Crippen LogP contribution in [0.5, 0.6) is 0 Å². The molecule has 0 spiro atoms. The van der Waals surface area contributed by atoms with Gasteiger partial charge in [0.25, 0.3) is 0 Å². The number of halogens is 1. The van der Waals surface area contributed by atoms with Gasteiger partial charge in [-0.15, -0.1) is 0 Å². The van der Waals surface area contributed by atoms with Crippen LogP contribution in [0.4, 0.5) is 5.69 Å². The Balaban J connectivity index is 2.57. The zero-order chi connectivity index (χ0) is 11.3.